The van der Waals surface area contributed by atoms with Crippen LogP contribution in [-0.4, -0.2) is 43.8 Å². The molecule has 0 saturated heterocycles. The van der Waals surface area contributed by atoms with Crippen LogP contribution in [0.4, 0.5) is 5.69 Å². The molecule has 0 aliphatic rings. The highest BCUT2D eigenvalue weighted by Crippen LogP contribution is 2.28. The molecule has 3 aromatic rings. The maximum absolute atomic E-state index is 14.0. The molecule has 0 aliphatic heterocycles. The van der Waals surface area contributed by atoms with Crippen molar-refractivity contribution in [3.8, 4) is 0 Å². The van der Waals surface area contributed by atoms with Crippen molar-refractivity contribution < 1.29 is 18.0 Å². The van der Waals surface area contributed by atoms with E-state index in [-0.39, 0.29) is 23.4 Å². The van der Waals surface area contributed by atoms with E-state index in [1.807, 2.05) is 13.8 Å². The van der Waals surface area contributed by atoms with E-state index in [0.29, 0.717) is 27.7 Å². The minimum atomic E-state index is -4.12. The molecule has 0 saturated carbocycles. The normalized spacial score (nSPS) is 12.9. The van der Waals surface area contributed by atoms with Gasteiger partial charge in [0.15, 0.2) is 0 Å². The standard InChI is InChI=1S/C28H30Cl2IN3O4S/c1-4-19(2)32-28(36)20(3)33(17-24-25(29)11-8-12-26(24)30)27(35)18-34(22-15-13-21(31)14-16-22)39(37,38)23-9-6-5-7-10-23/h5-16,19-20H,4,17-18H2,1-3H3,(H,32,36)/t19-,20-/m0/s1. The summed E-state index contributed by atoms with van der Waals surface area (Å²) < 4.78 is 29.5. The molecule has 2 amide bonds. The van der Waals surface area contributed by atoms with Crippen molar-refractivity contribution >= 4 is 73.3 Å². The second-order valence-corrected chi connectivity index (χ2v) is 12.9. The molecule has 3 aromatic carbocycles. The van der Waals surface area contributed by atoms with Gasteiger partial charge in [0.1, 0.15) is 12.6 Å². The number of sulfonamides is 1. The summed E-state index contributed by atoms with van der Waals surface area (Å²) in [5.74, 6) is -0.955. The zero-order valence-corrected chi connectivity index (χ0v) is 26.3. The summed E-state index contributed by atoms with van der Waals surface area (Å²) in [6.45, 7) is 4.78. The third-order valence-corrected chi connectivity index (χ3v) is 9.50. The molecule has 0 spiro atoms. The van der Waals surface area contributed by atoms with E-state index in [9.17, 15) is 18.0 Å². The van der Waals surface area contributed by atoms with Crippen molar-refractivity contribution in [2.75, 3.05) is 10.8 Å². The fourth-order valence-electron chi connectivity index (χ4n) is 3.76. The van der Waals surface area contributed by atoms with Gasteiger partial charge in [-0.2, -0.15) is 0 Å². The van der Waals surface area contributed by atoms with Gasteiger partial charge in [0, 0.05) is 31.8 Å². The van der Waals surface area contributed by atoms with E-state index in [0.717, 1.165) is 7.88 Å². The average molecular weight is 702 g/mol. The van der Waals surface area contributed by atoms with Gasteiger partial charge in [-0.3, -0.25) is 13.9 Å². The summed E-state index contributed by atoms with van der Waals surface area (Å²) in [7, 11) is -4.12. The minimum absolute atomic E-state index is 0.0413. The number of anilines is 1. The van der Waals surface area contributed by atoms with Crippen molar-refractivity contribution in [1.29, 1.82) is 0 Å². The third kappa shape index (κ3) is 7.87. The van der Waals surface area contributed by atoms with Crippen LogP contribution in [0.1, 0.15) is 32.8 Å². The van der Waals surface area contributed by atoms with E-state index in [4.69, 9.17) is 23.2 Å². The Hall–Kier alpha value is -2.34. The Morgan fingerprint density at radius 2 is 1.51 bits per heavy atom. The number of hydrogen-bond acceptors (Lipinski definition) is 4. The second kappa shape index (κ2) is 13.8. The predicted molar refractivity (Wildman–Crippen MR) is 165 cm³/mol. The summed E-state index contributed by atoms with van der Waals surface area (Å²) in [5.41, 5.74) is 0.782. The molecule has 11 heteroatoms. The maximum atomic E-state index is 14.0. The fourth-order valence-corrected chi connectivity index (χ4v) is 6.07. The molecule has 0 unspecified atom stereocenters. The summed E-state index contributed by atoms with van der Waals surface area (Å²) in [4.78, 5) is 28.4. The first-order valence-electron chi connectivity index (χ1n) is 12.3. The molecule has 0 heterocycles. The molecule has 7 nitrogen and oxygen atoms in total. The van der Waals surface area contributed by atoms with Crippen LogP contribution in [0.2, 0.25) is 10.0 Å². The highest BCUT2D eigenvalue weighted by molar-refractivity contribution is 14.1. The van der Waals surface area contributed by atoms with E-state index >= 15 is 0 Å². The first-order valence-corrected chi connectivity index (χ1v) is 15.6. The molecule has 208 valence electrons. The molecule has 39 heavy (non-hydrogen) atoms. The zero-order valence-electron chi connectivity index (χ0n) is 21.8. The minimum Gasteiger partial charge on any atom is -0.352 e. The smallest absolute Gasteiger partial charge is 0.264 e. The van der Waals surface area contributed by atoms with Crippen molar-refractivity contribution in [1.82, 2.24) is 10.2 Å². The lowest BCUT2D eigenvalue weighted by Gasteiger charge is -2.32. The van der Waals surface area contributed by atoms with Crippen LogP contribution in [-0.2, 0) is 26.2 Å². The van der Waals surface area contributed by atoms with Gasteiger partial charge < -0.3 is 10.2 Å². The molecule has 0 radical (unpaired) electrons. The maximum Gasteiger partial charge on any atom is 0.264 e. The van der Waals surface area contributed by atoms with Gasteiger partial charge in [-0.25, -0.2) is 8.42 Å². The van der Waals surface area contributed by atoms with Crippen molar-refractivity contribution in [2.24, 2.45) is 0 Å². The van der Waals surface area contributed by atoms with Crippen LogP contribution in [0.5, 0.6) is 0 Å². The summed E-state index contributed by atoms with van der Waals surface area (Å²) in [6, 6.07) is 18.6. The molecule has 2 atom stereocenters. The molecule has 0 aliphatic carbocycles. The number of hydrogen-bond donors (Lipinski definition) is 1. The Morgan fingerprint density at radius 1 is 0.923 bits per heavy atom. The molecule has 1 N–H and O–H groups in total. The van der Waals surface area contributed by atoms with Crippen LogP contribution in [0.3, 0.4) is 0 Å². The first kappa shape index (κ1) is 31.2. The lowest BCUT2D eigenvalue weighted by Crippen LogP contribution is -2.52. The van der Waals surface area contributed by atoms with Crippen LogP contribution in [0.15, 0.2) is 77.7 Å². The van der Waals surface area contributed by atoms with E-state index in [1.165, 1.54) is 17.0 Å². The van der Waals surface area contributed by atoms with Gasteiger partial charge in [0.05, 0.1) is 10.6 Å². The number of benzene rings is 3. The number of rotatable bonds is 11. The lowest BCUT2D eigenvalue weighted by atomic mass is 10.1. The monoisotopic (exact) mass is 701 g/mol. The quantitative estimate of drug-likeness (QED) is 0.244. The summed E-state index contributed by atoms with van der Waals surface area (Å²) in [5, 5.41) is 3.56. The Balaban J connectivity index is 2.05. The Morgan fingerprint density at radius 3 is 2.08 bits per heavy atom. The van der Waals surface area contributed by atoms with Gasteiger partial charge >= 0.3 is 0 Å². The third-order valence-electron chi connectivity index (χ3n) is 6.28. The number of nitrogens with one attached hydrogen (secondary N) is 1. The van der Waals surface area contributed by atoms with Gasteiger partial charge in [-0.15, -0.1) is 0 Å². The summed E-state index contributed by atoms with van der Waals surface area (Å²) in [6.07, 6.45) is 0.707. The average Bonchev–Trinajstić information content (AvgIpc) is 2.92. The lowest BCUT2D eigenvalue weighted by molar-refractivity contribution is -0.139. The van der Waals surface area contributed by atoms with Crippen LogP contribution < -0.4 is 9.62 Å². The summed E-state index contributed by atoms with van der Waals surface area (Å²) >= 11 is 14.9. The van der Waals surface area contributed by atoms with Crippen molar-refractivity contribution in [2.45, 2.75) is 50.7 Å². The first-order chi connectivity index (χ1) is 18.4. The molecule has 0 fully saturated rings. The Bertz CT molecular complexity index is 1390. The Labute approximate surface area is 253 Å². The highest BCUT2D eigenvalue weighted by atomic mass is 127. The van der Waals surface area contributed by atoms with Gasteiger partial charge in [-0.05, 0) is 91.4 Å². The molecular weight excluding hydrogens is 672 g/mol. The predicted octanol–water partition coefficient (Wildman–Crippen LogP) is 6.13. The molecule has 3 rings (SSSR count). The molecular formula is C28H30Cl2IN3O4S. The Kier molecular flexibility index (Phi) is 11.1. The zero-order chi connectivity index (χ0) is 28.7. The number of amides is 2. The van der Waals surface area contributed by atoms with Crippen LogP contribution in [0.25, 0.3) is 0 Å². The van der Waals surface area contributed by atoms with E-state index in [1.54, 1.807) is 67.6 Å². The number of carbonyl (C=O) groups excluding carboxylic acids is 2. The molecule has 0 bridgehead atoms. The van der Waals surface area contributed by atoms with Crippen LogP contribution >= 0.6 is 45.8 Å². The van der Waals surface area contributed by atoms with Crippen LogP contribution in [0, 0.1) is 3.57 Å². The van der Waals surface area contributed by atoms with Gasteiger partial charge in [0.25, 0.3) is 10.0 Å². The van der Waals surface area contributed by atoms with Gasteiger partial charge in [-0.1, -0.05) is 54.4 Å². The largest absolute Gasteiger partial charge is 0.352 e. The van der Waals surface area contributed by atoms with Gasteiger partial charge in [0.2, 0.25) is 11.8 Å². The number of halogens is 3. The van der Waals surface area contributed by atoms with E-state index < -0.39 is 28.5 Å². The highest BCUT2D eigenvalue weighted by Gasteiger charge is 2.33. The second-order valence-electron chi connectivity index (χ2n) is 9.02. The van der Waals surface area contributed by atoms with Crippen molar-refractivity contribution in [3.63, 3.8) is 0 Å². The molecule has 0 aromatic heterocycles. The number of carbonyl (C=O) groups is 2. The van der Waals surface area contributed by atoms with E-state index in [2.05, 4.69) is 27.9 Å². The van der Waals surface area contributed by atoms with Crippen molar-refractivity contribution in [3.05, 3.63) is 92.0 Å². The SMILES string of the molecule is CC[C@H](C)NC(=O)[C@H](C)N(Cc1c(Cl)cccc1Cl)C(=O)CN(c1ccc(I)cc1)S(=O)(=O)c1ccccc1. The fraction of sp³-hybridized carbons (Fsp3) is 0.286. The number of nitrogens with zero attached hydrogens (tertiary/aromatic N) is 2. The topological polar surface area (TPSA) is 86.8 Å².